The lowest BCUT2D eigenvalue weighted by molar-refractivity contribution is 0.394. The molecule has 1 aliphatic rings. The number of ether oxygens (including phenoxy) is 2. The van der Waals surface area contributed by atoms with Crippen molar-refractivity contribution in [3.8, 4) is 11.5 Å². The first-order valence-electron chi connectivity index (χ1n) is 9.42. The molecule has 1 aliphatic heterocycles. The number of aromatic nitrogens is 2. The number of hydrogen-bond acceptors (Lipinski definition) is 4. The molecule has 4 rings (SSSR count). The van der Waals surface area contributed by atoms with E-state index in [1.165, 1.54) is 5.56 Å². The van der Waals surface area contributed by atoms with Gasteiger partial charge in [0.15, 0.2) is 5.11 Å². The Bertz CT molecular complexity index is 1030. The van der Waals surface area contributed by atoms with Gasteiger partial charge in [0.25, 0.3) is 0 Å². The fourth-order valence-corrected chi connectivity index (χ4v) is 4.31. The molecule has 2 aromatic heterocycles. The number of hydrogen-bond donors (Lipinski definition) is 2. The van der Waals surface area contributed by atoms with E-state index in [9.17, 15) is 0 Å². The molecule has 0 saturated carbocycles. The molecule has 7 heteroatoms. The highest BCUT2D eigenvalue weighted by molar-refractivity contribution is 7.80. The Morgan fingerprint density at radius 3 is 2.52 bits per heavy atom. The maximum Gasteiger partial charge on any atom is 0.174 e. The van der Waals surface area contributed by atoms with E-state index in [2.05, 4.69) is 40.1 Å². The summed E-state index contributed by atoms with van der Waals surface area (Å²) >= 11 is 5.79. The lowest BCUT2D eigenvalue weighted by Gasteiger charge is -2.29. The fraction of sp³-hybridized carbons (Fsp3) is 0.273. The van der Waals surface area contributed by atoms with Crippen LogP contribution in [0.3, 0.4) is 0 Å². The van der Waals surface area contributed by atoms with E-state index in [0.717, 1.165) is 28.5 Å². The fourth-order valence-electron chi connectivity index (χ4n) is 3.97. The van der Waals surface area contributed by atoms with Gasteiger partial charge in [-0.3, -0.25) is 4.98 Å². The van der Waals surface area contributed by atoms with Crippen LogP contribution in [0, 0.1) is 13.8 Å². The van der Waals surface area contributed by atoms with E-state index in [4.69, 9.17) is 21.7 Å². The standard InChI is InChI=1S/C22H24N4O2S/c1-13-11-16(14(2)24-13)21-20(17-7-5-6-10-23-17)25-22(29)26(21)18-9-8-15(27-3)12-19(18)28-4/h5-12,20-21,24H,1-4H3,(H,25,29)/t20-,21+/m1/s1. The third-order valence-corrected chi connectivity index (χ3v) is 5.57. The number of aryl methyl sites for hydroxylation is 2. The molecule has 3 heterocycles. The van der Waals surface area contributed by atoms with Gasteiger partial charge in [-0.15, -0.1) is 0 Å². The minimum atomic E-state index is -0.0931. The zero-order chi connectivity index (χ0) is 20.5. The van der Waals surface area contributed by atoms with Crippen LogP contribution in [0.25, 0.3) is 0 Å². The Morgan fingerprint density at radius 1 is 1.07 bits per heavy atom. The van der Waals surface area contributed by atoms with Crippen molar-refractivity contribution in [1.29, 1.82) is 0 Å². The van der Waals surface area contributed by atoms with E-state index in [0.29, 0.717) is 10.9 Å². The largest absolute Gasteiger partial charge is 0.497 e. The van der Waals surface area contributed by atoms with Crippen molar-refractivity contribution >= 4 is 23.0 Å². The summed E-state index contributed by atoms with van der Waals surface area (Å²) in [6.45, 7) is 4.15. The SMILES string of the molecule is COc1ccc(N2C(=S)N[C@H](c3ccccn3)[C@@H]2c2cc(C)[nH]c2C)c(OC)c1. The van der Waals surface area contributed by atoms with Gasteiger partial charge in [-0.2, -0.15) is 0 Å². The Hall–Kier alpha value is -3.06. The second-order valence-corrected chi connectivity index (χ2v) is 7.45. The van der Waals surface area contributed by atoms with Crippen molar-refractivity contribution in [3.05, 3.63) is 71.3 Å². The maximum absolute atomic E-state index is 5.79. The summed E-state index contributed by atoms with van der Waals surface area (Å²) in [7, 11) is 3.30. The molecule has 0 amide bonds. The zero-order valence-electron chi connectivity index (χ0n) is 16.9. The van der Waals surface area contributed by atoms with Crippen LogP contribution in [0.1, 0.15) is 34.7 Å². The molecule has 0 unspecified atom stereocenters. The van der Waals surface area contributed by atoms with Crippen LogP contribution in [0.2, 0.25) is 0 Å². The Morgan fingerprint density at radius 2 is 1.90 bits per heavy atom. The molecule has 150 valence electrons. The number of nitrogens with one attached hydrogen (secondary N) is 2. The smallest absolute Gasteiger partial charge is 0.174 e. The van der Waals surface area contributed by atoms with E-state index >= 15 is 0 Å². The van der Waals surface area contributed by atoms with Crippen LogP contribution in [-0.2, 0) is 0 Å². The van der Waals surface area contributed by atoms with Gasteiger partial charge in [-0.25, -0.2) is 0 Å². The average Bonchev–Trinajstić information content (AvgIpc) is 3.25. The van der Waals surface area contributed by atoms with Crippen LogP contribution in [0.5, 0.6) is 11.5 Å². The van der Waals surface area contributed by atoms with Crippen LogP contribution in [-0.4, -0.2) is 29.3 Å². The normalized spacial score (nSPS) is 18.6. The van der Waals surface area contributed by atoms with Crippen molar-refractivity contribution in [2.45, 2.75) is 25.9 Å². The lowest BCUT2D eigenvalue weighted by atomic mass is 9.96. The van der Waals surface area contributed by atoms with E-state index in [-0.39, 0.29) is 12.1 Å². The number of H-pyrrole nitrogens is 1. The summed E-state index contributed by atoms with van der Waals surface area (Å²) in [5.41, 5.74) is 5.21. The first-order valence-corrected chi connectivity index (χ1v) is 9.83. The quantitative estimate of drug-likeness (QED) is 0.617. The molecule has 0 spiro atoms. The van der Waals surface area contributed by atoms with Crippen LogP contribution >= 0.6 is 12.2 Å². The highest BCUT2D eigenvalue weighted by Crippen LogP contribution is 2.46. The van der Waals surface area contributed by atoms with Gasteiger partial charge < -0.3 is 24.7 Å². The monoisotopic (exact) mass is 408 g/mol. The number of pyridine rings is 1. The number of methoxy groups -OCH3 is 2. The minimum Gasteiger partial charge on any atom is -0.497 e. The maximum atomic E-state index is 5.79. The summed E-state index contributed by atoms with van der Waals surface area (Å²) in [6, 6.07) is 13.7. The molecule has 0 aliphatic carbocycles. The Labute approximate surface area is 175 Å². The van der Waals surface area contributed by atoms with E-state index in [1.54, 1.807) is 14.2 Å². The second-order valence-electron chi connectivity index (χ2n) is 7.07. The van der Waals surface area contributed by atoms with Gasteiger partial charge in [0, 0.05) is 23.7 Å². The van der Waals surface area contributed by atoms with Crippen molar-refractivity contribution in [2.75, 3.05) is 19.1 Å². The average molecular weight is 409 g/mol. The molecule has 1 aromatic carbocycles. The molecule has 2 N–H and O–H groups in total. The number of anilines is 1. The third kappa shape index (κ3) is 3.42. The number of nitrogens with zero attached hydrogens (tertiary/aromatic N) is 2. The van der Waals surface area contributed by atoms with E-state index in [1.807, 2.05) is 42.6 Å². The molecule has 6 nitrogen and oxygen atoms in total. The predicted molar refractivity (Wildman–Crippen MR) is 118 cm³/mol. The lowest BCUT2D eigenvalue weighted by Crippen LogP contribution is -2.29. The third-order valence-electron chi connectivity index (χ3n) is 5.25. The van der Waals surface area contributed by atoms with E-state index < -0.39 is 0 Å². The highest BCUT2D eigenvalue weighted by atomic mass is 32.1. The molecular weight excluding hydrogens is 384 g/mol. The summed E-state index contributed by atoms with van der Waals surface area (Å²) in [5, 5.41) is 4.11. The van der Waals surface area contributed by atoms with Gasteiger partial charge in [0.2, 0.25) is 0 Å². The first-order chi connectivity index (χ1) is 14.0. The van der Waals surface area contributed by atoms with Crippen LogP contribution in [0.15, 0.2) is 48.7 Å². The van der Waals surface area contributed by atoms with Crippen molar-refractivity contribution < 1.29 is 9.47 Å². The van der Waals surface area contributed by atoms with Crippen molar-refractivity contribution in [1.82, 2.24) is 15.3 Å². The van der Waals surface area contributed by atoms with Gasteiger partial charge in [0.1, 0.15) is 11.5 Å². The molecule has 0 radical (unpaired) electrons. The minimum absolute atomic E-state index is 0.0790. The number of thiocarbonyl (C=S) groups is 1. The predicted octanol–water partition coefficient (Wildman–Crippen LogP) is 4.22. The van der Waals surface area contributed by atoms with Gasteiger partial charge in [0.05, 0.1) is 37.7 Å². The molecule has 3 aromatic rings. The van der Waals surface area contributed by atoms with Crippen LogP contribution < -0.4 is 19.7 Å². The topological polar surface area (TPSA) is 62.4 Å². The summed E-state index contributed by atoms with van der Waals surface area (Å²) in [4.78, 5) is 10.1. The summed E-state index contributed by atoms with van der Waals surface area (Å²) in [5.74, 6) is 1.43. The Balaban J connectivity index is 1.88. The summed E-state index contributed by atoms with van der Waals surface area (Å²) in [6.07, 6.45) is 1.81. The second kappa shape index (κ2) is 7.75. The molecule has 0 bridgehead atoms. The highest BCUT2D eigenvalue weighted by Gasteiger charge is 2.42. The number of benzene rings is 1. The number of aromatic amines is 1. The Kier molecular flexibility index (Phi) is 5.15. The van der Waals surface area contributed by atoms with Crippen LogP contribution in [0.4, 0.5) is 5.69 Å². The van der Waals surface area contributed by atoms with Gasteiger partial charge in [-0.1, -0.05) is 6.07 Å². The van der Waals surface area contributed by atoms with Gasteiger partial charge in [-0.05, 0) is 62.0 Å². The van der Waals surface area contributed by atoms with Gasteiger partial charge >= 0.3 is 0 Å². The molecule has 29 heavy (non-hydrogen) atoms. The molecule has 2 atom stereocenters. The zero-order valence-corrected chi connectivity index (χ0v) is 17.7. The molecular formula is C22H24N4O2S. The first kappa shape index (κ1) is 19.3. The van der Waals surface area contributed by atoms with Crippen molar-refractivity contribution in [2.24, 2.45) is 0 Å². The van der Waals surface area contributed by atoms with Crippen molar-refractivity contribution in [3.63, 3.8) is 0 Å². The summed E-state index contributed by atoms with van der Waals surface area (Å²) < 4.78 is 11.0. The molecule has 1 fully saturated rings. The number of rotatable bonds is 5. The molecule has 1 saturated heterocycles.